The van der Waals surface area contributed by atoms with E-state index in [1.165, 1.54) is 29.2 Å². The minimum absolute atomic E-state index is 0.00219. The molecule has 3 amide bonds. The van der Waals surface area contributed by atoms with Gasteiger partial charge in [0.2, 0.25) is 11.8 Å². The number of carbonyl (C=O) groups excluding carboxylic acids is 3. The Morgan fingerprint density at radius 1 is 1.05 bits per heavy atom. The Morgan fingerprint density at radius 2 is 1.70 bits per heavy atom. The van der Waals surface area contributed by atoms with Crippen LogP contribution in [0.25, 0.3) is 0 Å². The fourth-order valence-corrected chi connectivity index (χ4v) is 5.53. The highest BCUT2D eigenvalue weighted by Crippen LogP contribution is 2.48. The number of amides is 3. The standard InChI is InChI=1S/C27H22F6N4O3/c28-20-7-16(12-34)3-6-21(20)36-14-22(38)37(13-15-1-4-18(5-2-15)27(31,32)33)25(24(36)40)8-17(9-25)23(39)35-19-10-26(29,30)11-19/h1-7,17,19H,8-11,13-14H2,(H,35,39)/t17-,25+. The van der Waals surface area contributed by atoms with Crippen molar-refractivity contribution in [1.29, 1.82) is 5.26 Å². The largest absolute Gasteiger partial charge is 0.416 e. The summed E-state index contributed by atoms with van der Waals surface area (Å²) in [5.74, 6) is -6.43. The topological polar surface area (TPSA) is 93.5 Å². The van der Waals surface area contributed by atoms with E-state index < -0.39 is 78.1 Å². The third-order valence-corrected chi connectivity index (χ3v) is 7.72. The van der Waals surface area contributed by atoms with Gasteiger partial charge in [0.25, 0.3) is 11.8 Å². The van der Waals surface area contributed by atoms with Crippen molar-refractivity contribution in [2.75, 3.05) is 11.4 Å². The number of nitrogens with one attached hydrogen (secondary N) is 1. The van der Waals surface area contributed by atoms with Gasteiger partial charge in [0.15, 0.2) is 0 Å². The van der Waals surface area contributed by atoms with Gasteiger partial charge >= 0.3 is 6.18 Å². The first-order chi connectivity index (χ1) is 18.7. The highest BCUT2D eigenvalue weighted by Gasteiger charge is 2.62. The van der Waals surface area contributed by atoms with Crippen molar-refractivity contribution >= 4 is 23.4 Å². The predicted octanol–water partition coefficient (Wildman–Crippen LogP) is 4.15. The van der Waals surface area contributed by atoms with Crippen molar-refractivity contribution in [3.63, 3.8) is 0 Å². The SMILES string of the molecule is N#Cc1ccc(N2CC(=O)N(Cc3ccc(C(F)(F)F)cc3)[C@]3(C[C@@H](C(=O)NC4CC(F)(F)C4)C3)C2=O)c(F)c1. The normalized spacial score (nSPS) is 20.6. The minimum atomic E-state index is -4.57. The number of nitrogens with zero attached hydrogens (tertiary/aromatic N) is 3. The number of rotatable bonds is 5. The molecule has 0 radical (unpaired) electrons. The molecular weight excluding hydrogens is 542 g/mol. The summed E-state index contributed by atoms with van der Waals surface area (Å²) in [6.45, 7) is -0.812. The Hall–Kier alpha value is -4.08. The number of nitriles is 1. The van der Waals surface area contributed by atoms with Crippen LogP contribution in [0.4, 0.5) is 32.0 Å². The lowest BCUT2D eigenvalue weighted by Gasteiger charge is -2.56. The van der Waals surface area contributed by atoms with E-state index in [-0.39, 0.29) is 30.6 Å². The van der Waals surface area contributed by atoms with E-state index in [1.54, 1.807) is 6.07 Å². The van der Waals surface area contributed by atoms with Crippen LogP contribution in [-0.4, -0.2) is 46.7 Å². The molecule has 0 bridgehead atoms. The Morgan fingerprint density at radius 3 is 2.25 bits per heavy atom. The van der Waals surface area contributed by atoms with E-state index >= 15 is 0 Å². The van der Waals surface area contributed by atoms with Crippen LogP contribution >= 0.6 is 0 Å². The van der Waals surface area contributed by atoms with Gasteiger partial charge in [0.05, 0.1) is 22.9 Å². The number of carbonyl (C=O) groups is 3. The number of anilines is 1. The highest BCUT2D eigenvalue weighted by atomic mass is 19.4. The van der Waals surface area contributed by atoms with Crippen LogP contribution in [0.1, 0.15) is 42.4 Å². The van der Waals surface area contributed by atoms with Gasteiger partial charge in [-0.15, -0.1) is 0 Å². The maximum Gasteiger partial charge on any atom is 0.416 e. The second-order valence-corrected chi connectivity index (χ2v) is 10.5. The first kappa shape index (κ1) is 27.5. The lowest BCUT2D eigenvalue weighted by atomic mass is 9.64. The molecule has 13 heteroatoms. The molecule has 3 aliphatic rings. The molecule has 1 spiro atoms. The van der Waals surface area contributed by atoms with Gasteiger partial charge in [0.1, 0.15) is 17.9 Å². The lowest BCUT2D eigenvalue weighted by Crippen LogP contribution is -2.74. The summed E-state index contributed by atoms with van der Waals surface area (Å²) in [6, 6.07) is 8.51. The molecule has 2 aromatic carbocycles. The van der Waals surface area contributed by atoms with E-state index in [0.717, 1.165) is 23.1 Å². The highest BCUT2D eigenvalue weighted by molar-refractivity contribution is 6.10. The summed E-state index contributed by atoms with van der Waals surface area (Å²) >= 11 is 0. The van der Waals surface area contributed by atoms with Gasteiger partial charge in [0, 0.05) is 31.3 Å². The van der Waals surface area contributed by atoms with Crippen molar-refractivity contribution < 1.29 is 40.7 Å². The van der Waals surface area contributed by atoms with E-state index in [1.807, 2.05) is 0 Å². The number of hydrogen-bond donors (Lipinski definition) is 1. The maximum atomic E-state index is 14.8. The zero-order valence-corrected chi connectivity index (χ0v) is 20.8. The molecule has 210 valence electrons. The summed E-state index contributed by atoms with van der Waals surface area (Å²) in [5.41, 5.74) is -2.44. The van der Waals surface area contributed by atoms with Crippen molar-refractivity contribution in [2.24, 2.45) is 5.92 Å². The zero-order chi connectivity index (χ0) is 29.0. The number of piperazine rings is 1. The van der Waals surface area contributed by atoms with E-state index in [0.29, 0.717) is 5.56 Å². The van der Waals surface area contributed by atoms with Crippen LogP contribution in [-0.2, 0) is 27.1 Å². The Bertz CT molecular complexity index is 1400. The van der Waals surface area contributed by atoms with Gasteiger partial charge in [-0.1, -0.05) is 12.1 Å². The summed E-state index contributed by atoms with van der Waals surface area (Å²) in [7, 11) is 0. The maximum absolute atomic E-state index is 14.8. The van der Waals surface area contributed by atoms with E-state index in [2.05, 4.69) is 5.32 Å². The molecule has 2 aliphatic carbocycles. The lowest BCUT2D eigenvalue weighted by molar-refractivity contribution is -0.166. The van der Waals surface area contributed by atoms with Gasteiger partial charge in [-0.05, 0) is 48.7 Å². The molecule has 2 aromatic rings. The first-order valence-electron chi connectivity index (χ1n) is 12.4. The summed E-state index contributed by atoms with van der Waals surface area (Å²) in [4.78, 5) is 42.1. The van der Waals surface area contributed by atoms with Crippen LogP contribution in [0, 0.1) is 23.1 Å². The number of benzene rings is 2. The van der Waals surface area contributed by atoms with Crippen LogP contribution in [0.2, 0.25) is 0 Å². The molecule has 1 N–H and O–H groups in total. The predicted molar refractivity (Wildman–Crippen MR) is 127 cm³/mol. The van der Waals surface area contributed by atoms with E-state index in [4.69, 9.17) is 5.26 Å². The molecule has 7 nitrogen and oxygen atoms in total. The molecule has 0 unspecified atom stereocenters. The number of hydrogen-bond acceptors (Lipinski definition) is 4. The van der Waals surface area contributed by atoms with Crippen molar-refractivity contribution in [1.82, 2.24) is 10.2 Å². The van der Waals surface area contributed by atoms with Gasteiger partial charge in [-0.3, -0.25) is 19.3 Å². The Labute approximate surface area is 224 Å². The van der Waals surface area contributed by atoms with Crippen LogP contribution in [0.5, 0.6) is 0 Å². The van der Waals surface area contributed by atoms with Gasteiger partial charge in [-0.25, -0.2) is 13.2 Å². The molecule has 1 aliphatic heterocycles. The molecule has 0 atom stereocenters. The number of halogens is 6. The average Bonchev–Trinajstić information content (AvgIpc) is 2.84. The number of alkyl halides is 5. The third kappa shape index (κ3) is 4.87. The molecular formula is C27H22F6N4O3. The molecule has 5 rings (SSSR count). The van der Waals surface area contributed by atoms with Crippen molar-refractivity contribution in [3.8, 4) is 6.07 Å². The second-order valence-electron chi connectivity index (χ2n) is 10.5. The smallest absolute Gasteiger partial charge is 0.353 e. The van der Waals surface area contributed by atoms with Crippen molar-refractivity contribution in [3.05, 3.63) is 65.0 Å². The average molecular weight is 564 g/mol. The molecule has 40 heavy (non-hydrogen) atoms. The molecule has 1 saturated heterocycles. The van der Waals surface area contributed by atoms with E-state index in [9.17, 15) is 40.7 Å². The first-order valence-corrected chi connectivity index (χ1v) is 12.4. The molecule has 2 saturated carbocycles. The third-order valence-electron chi connectivity index (χ3n) is 7.72. The van der Waals surface area contributed by atoms with Crippen LogP contribution in [0.15, 0.2) is 42.5 Å². The summed E-state index contributed by atoms with van der Waals surface area (Å²) in [6.07, 6.45) is -5.93. The molecule has 1 heterocycles. The Balaban J connectivity index is 1.41. The molecule has 0 aromatic heterocycles. The molecule has 3 fully saturated rings. The second kappa shape index (κ2) is 9.53. The monoisotopic (exact) mass is 564 g/mol. The van der Waals surface area contributed by atoms with Gasteiger partial charge in [-0.2, -0.15) is 18.4 Å². The van der Waals surface area contributed by atoms with Crippen LogP contribution < -0.4 is 10.2 Å². The minimum Gasteiger partial charge on any atom is -0.353 e. The fourth-order valence-electron chi connectivity index (χ4n) is 5.53. The Kier molecular flexibility index (Phi) is 6.55. The van der Waals surface area contributed by atoms with Crippen molar-refractivity contribution in [2.45, 2.75) is 55.9 Å². The zero-order valence-electron chi connectivity index (χ0n) is 20.8. The summed E-state index contributed by atoms with van der Waals surface area (Å²) in [5, 5.41) is 11.5. The van der Waals surface area contributed by atoms with Gasteiger partial charge < -0.3 is 10.2 Å². The quantitative estimate of drug-likeness (QED) is 0.553. The fraction of sp³-hybridized carbons (Fsp3) is 0.407. The summed E-state index contributed by atoms with van der Waals surface area (Å²) < 4.78 is 80.2. The van der Waals surface area contributed by atoms with Crippen LogP contribution in [0.3, 0.4) is 0 Å².